The van der Waals surface area contributed by atoms with Crippen molar-refractivity contribution in [1.82, 2.24) is 14.8 Å². The van der Waals surface area contributed by atoms with E-state index in [1.807, 2.05) is 35.1 Å². The van der Waals surface area contributed by atoms with Gasteiger partial charge in [-0.2, -0.15) is 5.10 Å². The number of hydrogen-bond acceptors (Lipinski definition) is 4. The summed E-state index contributed by atoms with van der Waals surface area (Å²) in [7, 11) is 0. The number of rotatable bonds is 4. The molecule has 7 heteroatoms. The van der Waals surface area contributed by atoms with E-state index in [-0.39, 0.29) is 5.91 Å². The van der Waals surface area contributed by atoms with Gasteiger partial charge in [-0.05, 0) is 60.4 Å². The van der Waals surface area contributed by atoms with E-state index in [9.17, 15) is 9.18 Å². The second-order valence-electron chi connectivity index (χ2n) is 7.00. The van der Waals surface area contributed by atoms with Crippen molar-refractivity contribution in [3.8, 4) is 16.8 Å². The number of amides is 1. The second-order valence-corrected chi connectivity index (χ2v) is 8.03. The predicted octanol–water partition coefficient (Wildman–Crippen LogP) is 4.75. The molecule has 1 amide bonds. The van der Waals surface area contributed by atoms with Gasteiger partial charge in [0, 0.05) is 12.4 Å². The molecule has 28 heavy (non-hydrogen) atoms. The molecule has 0 radical (unpaired) electrons. The first kappa shape index (κ1) is 17.1. The molecule has 0 saturated heterocycles. The summed E-state index contributed by atoms with van der Waals surface area (Å²) in [5, 5.41) is 7.55. The van der Waals surface area contributed by atoms with Gasteiger partial charge >= 0.3 is 0 Å². The Hall–Kier alpha value is -3.06. The Kier molecular flexibility index (Phi) is 3.98. The molecule has 1 saturated carbocycles. The molecule has 1 aliphatic carbocycles. The Balaban J connectivity index is 1.48. The predicted molar refractivity (Wildman–Crippen MR) is 109 cm³/mol. The molecule has 2 atom stereocenters. The zero-order chi connectivity index (χ0) is 19.3. The van der Waals surface area contributed by atoms with Crippen molar-refractivity contribution < 1.29 is 9.18 Å². The Morgan fingerprint density at radius 2 is 2.14 bits per heavy atom. The van der Waals surface area contributed by atoms with Crippen LogP contribution >= 0.6 is 11.3 Å². The summed E-state index contributed by atoms with van der Waals surface area (Å²) in [5.41, 5.74) is 5.17. The van der Waals surface area contributed by atoms with E-state index in [0.29, 0.717) is 11.6 Å². The van der Waals surface area contributed by atoms with Crippen LogP contribution in [0, 0.1) is 12.8 Å². The molecule has 5 nitrogen and oxygen atoms in total. The maximum absolute atomic E-state index is 13.1. The first-order valence-electron chi connectivity index (χ1n) is 9.05. The van der Waals surface area contributed by atoms with Crippen LogP contribution in [0.4, 0.5) is 9.52 Å². The third kappa shape index (κ3) is 3.07. The Morgan fingerprint density at radius 3 is 2.89 bits per heavy atom. The monoisotopic (exact) mass is 392 g/mol. The first-order chi connectivity index (χ1) is 13.6. The van der Waals surface area contributed by atoms with Crippen LogP contribution in [0.1, 0.15) is 12.0 Å². The average Bonchev–Trinajstić information content (AvgIpc) is 3.09. The Bertz CT molecular complexity index is 1180. The van der Waals surface area contributed by atoms with Gasteiger partial charge in [0.2, 0.25) is 5.91 Å². The lowest BCUT2D eigenvalue weighted by atomic mass is 10.00. The third-order valence-corrected chi connectivity index (χ3v) is 5.90. The second kappa shape index (κ2) is 6.53. The lowest BCUT2D eigenvalue weighted by molar-refractivity contribution is -0.117. The zero-order valence-electron chi connectivity index (χ0n) is 15.1. The van der Waals surface area contributed by atoms with Gasteiger partial charge in [0.05, 0.1) is 21.8 Å². The van der Waals surface area contributed by atoms with Crippen molar-refractivity contribution in [3.63, 3.8) is 0 Å². The van der Waals surface area contributed by atoms with Crippen LogP contribution in [0.3, 0.4) is 0 Å². The number of carbonyl (C=O) groups is 1. The number of hydrogen-bond donors (Lipinski definition) is 1. The number of anilines is 1. The summed E-state index contributed by atoms with van der Waals surface area (Å²) in [5.74, 6) is -0.801. The summed E-state index contributed by atoms with van der Waals surface area (Å²) < 4.78 is 15.9. The molecule has 4 aromatic rings. The van der Waals surface area contributed by atoms with Gasteiger partial charge in [0.25, 0.3) is 0 Å². The number of thiazole rings is 1. The lowest BCUT2D eigenvalue weighted by Gasteiger charge is -2.09. The van der Waals surface area contributed by atoms with Gasteiger partial charge in [0.15, 0.2) is 5.13 Å². The molecule has 1 aliphatic rings. The van der Waals surface area contributed by atoms with Crippen LogP contribution in [0.25, 0.3) is 27.0 Å². The molecule has 1 fully saturated rings. The number of halogens is 1. The standard InChI is InChI=1S/C21H17FN4OS/c1-12-3-5-14(26-8-2-7-23-26)10-15(12)13-4-6-18-19(9-13)28-21(24-18)25-20(27)16-11-17(16)22/h2-10,16-17H,11H2,1H3,(H,24,25,27)/t16-,17?/m1/s1. The number of aromatic nitrogens is 3. The van der Waals surface area contributed by atoms with Crippen molar-refractivity contribution in [2.24, 2.45) is 5.92 Å². The molecule has 2 heterocycles. The van der Waals surface area contributed by atoms with E-state index in [0.717, 1.165) is 32.6 Å². The minimum absolute atomic E-state index is 0.283. The molecule has 1 unspecified atom stereocenters. The summed E-state index contributed by atoms with van der Waals surface area (Å²) in [6.07, 6.45) is 2.97. The quantitative estimate of drug-likeness (QED) is 0.545. The topological polar surface area (TPSA) is 59.8 Å². The van der Waals surface area contributed by atoms with E-state index >= 15 is 0 Å². The maximum Gasteiger partial charge on any atom is 0.232 e. The van der Waals surface area contributed by atoms with Crippen LogP contribution in [-0.4, -0.2) is 26.8 Å². The van der Waals surface area contributed by atoms with Gasteiger partial charge in [-0.25, -0.2) is 14.1 Å². The van der Waals surface area contributed by atoms with E-state index in [1.54, 1.807) is 6.20 Å². The molecule has 0 spiro atoms. The first-order valence-corrected chi connectivity index (χ1v) is 9.87. The third-order valence-electron chi connectivity index (χ3n) is 4.97. The van der Waals surface area contributed by atoms with Crippen LogP contribution < -0.4 is 5.32 Å². The van der Waals surface area contributed by atoms with Crippen LogP contribution in [-0.2, 0) is 4.79 Å². The molecule has 0 aliphatic heterocycles. The summed E-state index contributed by atoms with van der Waals surface area (Å²) in [6, 6.07) is 14.2. The van der Waals surface area contributed by atoms with E-state index in [2.05, 4.69) is 40.5 Å². The number of aryl methyl sites for hydroxylation is 1. The highest BCUT2D eigenvalue weighted by Gasteiger charge is 2.43. The number of nitrogens with one attached hydrogen (secondary N) is 1. The van der Waals surface area contributed by atoms with Gasteiger partial charge < -0.3 is 5.32 Å². The Morgan fingerprint density at radius 1 is 1.29 bits per heavy atom. The average molecular weight is 392 g/mol. The van der Waals surface area contributed by atoms with E-state index in [1.165, 1.54) is 11.3 Å². The molecule has 140 valence electrons. The van der Waals surface area contributed by atoms with Crippen molar-refractivity contribution in [1.29, 1.82) is 0 Å². The van der Waals surface area contributed by atoms with Gasteiger partial charge in [-0.1, -0.05) is 23.5 Å². The number of fused-ring (bicyclic) bond motifs is 1. The van der Waals surface area contributed by atoms with Crippen molar-refractivity contribution in [2.45, 2.75) is 19.5 Å². The highest BCUT2D eigenvalue weighted by atomic mass is 32.1. The fraction of sp³-hybridized carbons (Fsp3) is 0.190. The van der Waals surface area contributed by atoms with Gasteiger partial charge in [-0.3, -0.25) is 4.79 Å². The summed E-state index contributed by atoms with van der Waals surface area (Å²) in [6.45, 7) is 2.08. The summed E-state index contributed by atoms with van der Waals surface area (Å²) >= 11 is 1.41. The number of carbonyl (C=O) groups excluding carboxylic acids is 1. The van der Waals surface area contributed by atoms with Gasteiger partial charge in [0.1, 0.15) is 6.17 Å². The van der Waals surface area contributed by atoms with Crippen LogP contribution in [0.2, 0.25) is 0 Å². The van der Waals surface area contributed by atoms with Crippen LogP contribution in [0.15, 0.2) is 54.9 Å². The molecule has 2 aromatic heterocycles. The lowest BCUT2D eigenvalue weighted by Crippen LogP contribution is -2.14. The molecular weight excluding hydrogens is 375 g/mol. The number of nitrogens with zero attached hydrogens (tertiary/aromatic N) is 3. The van der Waals surface area contributed by atoms with Crippen molar-refractivity contribution >= 4 is 32.6 Å². The van der Waals surface area contributed by atoms with Gasteiger partial charge in [-0.15, -0.1) is 0 Å². The fourth-order valence-electron chi connectivity index (χ4n) is 3.26. The van der Waals surface area contributed by atoms with E-state index in [4.69, 9.17) is 0 Å². The molecule has 5 rings (SSSR count). The summed E-state index contributed by atoms with van der Waals surface area (Å²) in [4.78, 5) is 16.4. The number of benzene rings is 2. The Labute approximate surface area is 164 Å². The molecule has 2 aromatic carbocycles. The van der Waals surface area contributed by atoms with Crippen LogP contribution in [0.5, 0.6) is 0 Å². The molecule has 0 bridgehead atoms. The van der Waals surface area contributed by atoms with Crippen molar-refractivity contribution in [3.05, 3.63) is 60.4 Å². The van der Waals surface area contributed by atoms with Crippen molar-refractivity contribution in [2.75, 3.05) is 5.32 Å². The fourth-order valence-corrected chi connectivity index (χ4v) is 4.17. The molecular formula is C21H17FN4OS. The maximum atomic E-state index is 13.1. The number of alkyl halides is 1. The normalized spacial score (nSPS) is 18.4. The minimum Gasteiger partial charge on any atom is -0.302 e. The SMILES string of the molecule is Cc1ccc(-n2cccn2)cc1-c1ccc2nc(NC(=O)[C@@H]3CC3F)sc2c1. The highest BCUT2D eigenvalue weighted by molar-refractivity contribution is 7.22. The smallest absolute Gasteiger partial charge is 0.232 e. The minimum atomic E-state index is -1.01. The largest absolute Gasteiger partial charge is 0.302 e. The highest BCUT2D eigenvalue weighted by Crippen LogP contribution is 2.36. The van der Waals surface area contributed by atoms with E-state index < -0.39 is 12.1 Å². The zero-order valence-corrected chi connectivity index (χ0v) is 15.9. The molecule has 1 N–H and O–H groups in total.